The number of nitrogens with zero attached hydrogens (tertiary/aromatic N) is 2. The van der Waals surface area contributed by atoms with E-state index in [1.54, 1.807) is 18.0 Å². The van der Waals surface area contributed by atoms with Crippen molar-refractivity contribution < 1.29 is 19.5 Å². The molecule has 1 aliphatic rings. The Morgan fingerprint density at radius 3 is 2.65 bits per heavy atom. The van der Waals surface area contributed by atoms with Crippen molar-refractivity contribution in [2.75, 3.05) is 26.7 Å². The number of benzene rings is 2. The molecule has 6 nitrogen and oxygen atoms in total. The summed E-state index contributed by atoms with van der Waals surface area (Å²) in [5.74, 6) is -1.83. The lowest BCUT2D eigenvalue weighted by Crippen LogP contribution is -2.46. The van der Waals surface area contributed by atoms with Crippen molar-refractivity contribution in [1.29, 1.82) is 0 Å². The lowest BCUT2D eigenvalue weighted by molar-refractivity contribution is -0.145. The van der Waals surface area contributed by atoms with Crippen LogP contribution in [-0.4, -0.2) is 59.4 Å². The van der Waals surface area contributed by atoms with Gasteiger partial charge in [0.1, 0.15) is 0 Å². The molecule has 26 heavy (non-hydrogen) atoms. The van der Waals surface area contributed by atoms with Crippen LogP contribution in [0.3, 0.4) is 0 Å². The quantitative estimate of drug-likeness (QED) is 0.913. The van der Waals surface area contributed by atoms with E-state index < -0.39 is 11.9 Å². The van der Waals surface area contributed by atoms with E-state index in [2.05, 4.69) is 0 Å². The van der Waals surface area contributed by atoms with Gasteiger partial charge in [0, 0.05) is 25.7 Å². The Morgan fingerprint density at radius 1 is 1.15 bits per heavy atom. The molecule has 0 spiro atoms. The van der Waals surface area contributed by atoms with E-state index in [-0.39, 0.29) is 24.9 Å². The Kier molecular flexibility index (Phi) is 5.21. The molecule has 6 heteroatoms. The summed E-state index contributed by atoms with van der Waals surface area (Å²) in [4.78, 5) is 39.4. The number of hydrogen-bond acceptors (Lipinski definition) is 3. The Balaban J connectivity index is 1.71. The fraction of sp³-hybridized carbons (Fsp3) is 0.350. The van der Waals surface area contributed by atoms with E-state index in [1.807, 2.05) is 36.4 Å². The summed E-state index contributed by atoms with van der Waals surface area (Å²) < 4.78 is 0. The molecular formula is C20H22N2O4. The highest BCUT2D eigenvalue weighted by Crippen LogP contribution is 2.20. The smallest absolute Gasteiger partial charge is 0.308 e. The maximum absolute atomic E-state index is 12.8. The first kappa shape index (κ1) is 17.9. The Hall–Kier alpha value is -2.89. The molecule has 2 amide bonds. The van der Waals surface area contributed by atoms with Crippen molar-refractivity contribution in [3.63, 3.8) is 0 Å². The molecule has 1 saturated heterocycles. The average Bonchev–Trinajstić information content (AvgIpc) is 2.67. The number of aliphatic carboxylic acids is 1. The highest BCUT2D eigenvalue weighted by molar-refractivity contribution is 6.07. The third-order valence-electron chi connectivity index (χ3n) is 4.86. The standard InChI is InChI=1S/C20H22N2O4/c1-21(13-18(23)22-11-5-8-15(12-22)20(25)26)19(24)17-10-4-7-14-6-2-3-9-16(14)17/h2-4,6-7,9-10,15H,5,8,11-13H2,1H3,(H,25,26). The molecule has 1 fully saturated rings. The molecule has 1 unspecified atom stereocenters. The Morgan fingerprint density at radius 2 is 1.88 bits per heavy atom. The predicted octanol–water partition coefficient (Wildman–Crippen LogP) is 2.23. The van der Waals surface area contributed by atoms with Crippen LogP contribution in [0.2, 0.25) is 0 Å². The van der Waals surface area contributed by atoms with Gasteiger partial charge in [-0.2, -0.15) is 0 Å². The summed E-state index contributed by atoms with van der Waals surface area (Å²) in [6.07, 6.45) is 1.26. The number of hydrogen-bond donors (Lipinski definition) is 1. The molecule has 1 atom stereocenters. The van der Waals surface area contributed by atoms with Gasteiger partial charge in [0.25, 0.3) is 5.91 Å². The Bertz CT molecular complexity index is 843. The second kappa shape index (κ2) is 7.56. The largest absolute Gasteiger partial charge is 0.481 e. The van der Waals surface area contributed by atoms with E-state index in [1.165, 1.54) is 4.90 Å². The monoisotopic (exact) mass is 354 g/mol. The van der Waals surface area contributed by atoms with Gasteiger partial charge >= 0.3 is 5.97 Å². The van der Waals surface area contributed by atoms with Gasteiger partial charge in [0.2, 0.25) is 5.91 Å². The summed E-state index contributed by atoms with van der Waals surface area (Å²) >= 11 is 0. The number of fused-ring (bicyclic) bond motifs is 1. The van der Waals surface area contributed by atoms with Crippen LogP contribution in [0.4, 0.5) is 0 Å². The van der Waals surface area contributed by atoms with Crippen molar-refractivity contribution >= 4 is 28.6 Å². The van der Waals surface area contributed by atoms with Crippen molar-refractivity contribution in [1.82, 2.24) is 9.80 Å². The third-order valence-corrected chi connectivity index (χ3v) is 4.86. The SMILES string of the molecule is CN(CC(=O)N1CCCC(C(=O)O)C1)C(=O)c1cccc2ccccc12. The molecule has 2 aromatic rings. The van der Waals surface area contributed by atoms with Gasteiger partial charge in [-0.25, -0.2) is 0 Å². The zero-order valence-electron chi connectivity index (χ0n) is 14.7. The van der Waals surface area contributed by atoms with Crippen molar-refractivity contribution in [3.8, 4) is 0 Å². The molecular weight excluding hydrogens is 332 g/mol. The van der Waals surface area contributed by atoms with Gasteiger partial charge in [0.15, 0.2) is 0 Å². The minimum absolute atomic E-state index is 0.0611. The zero-order valence-corrected chi connectivity index (χ0v) is 14.7. The van der Waals surface area contributed by atoms with Crippen molar-refractivity contribution in [3.05, 3.63) is 48.0 Å². The number of likely N-dealkylation sites (tertiary alicyclic amines) is 1. The van der Waals surface area contributed by atoms with Crippen LogP contribution in [0.25, 0.3) is 10.8 Å². The first-order valence-corrected chi connectivity index (χ1v) is 8.71. The van der Waals surface area contributed by atoms with Crippen LogP contribution >= 0.6 is 0 Å². The van der Waals surface area contributed by atoms with Crippen LogP contribution in [0.15, 0.2) is 42.5 Å². The van der Waals surface area contributed by atoms with Gasteiger partial charge in [-0.15, -0.1) is 0 Å². The lowest BCUT2D eigenvalue weighted by Gasteiger charge is -2.32. The van der Waals surface area contributed by atoms with Gasteiger partial charge in [0.05, 0.1) is 12.5 Å². The summed E-state index contributed by atoms with van der Waals surface area (Å²) in [6.45, 7) is 0.692. The molecule has 0 saturated carbocycles. The van der Waals surface area contributed by atoms with Crippen molar-refractivity contribution in [2.45, 2.75) is 12.8 Å². The number of likely N-dealkylation sites (N-methyl/N-ethyl adjacent to an activating group) is 1. The number of piperidine rings is 1. The van der Waals surface area contributed by atoms with Crippen molar-refractivity contribution in [2.24, 2.45) is 5.92 Å². The van der Waals surface area contributed by atoms with Gasteiger partial charge < -0.3 is 14.9 Å². The molecule has 0 radical (unpaired) electrons. The molecule has 0 aliphatic carbocycles. The number of carbonyl (C=O) groups excluding carboxylic acids is 2. The number of carboxylic acids is 1. The Labute approximate surface area is 152 Å². The van der Waals surface area contributed by atoms with E-state index in [9.17, 15) is 14.4 Å². The molecule has 1 N–H and O–H groups in total. The predicted molar refractivity (Wildman–Crippen MR) is 97.8 cm³/mol. The minimum Gasteiger partial charge on any atom is -0.481 e. The fourth-order valence-electron chi connectivity index (χ4n) is 3.40. The number of rotatable bonds is 4. The fourth-order valence-corrected chi connectivity index (χ4v) is 3.40. The van der Waals surface area contributed by atoms with Crippen LogP contribution < -0.4 is 0 Å². The van der Waals surface area contributed by atoms with Crippen LogP contribution in [0, 0.1) is 5.92 Å². The van der Waals surface area contributed by atoms with Crippen LogP contribution in [0.5, 0.6) is 0 Å². The second-order valence-electron chi connectivity index (χ2n) is 6.71. The van der Waals surface area contributed by atoms with Gasteiger partial charge in [-0.1, -0.05) is 36.4 Å². The maximum Gasteiger partial charge on any atom is 0.308 e. The number of carboxylic acid groups (broad SMARTS) is 1. The highest BCUT2D eigenvalue weighted by atomic mass is 16.4. The summed E-state index contributed by atoms with van der Waals surface area (Å²) in [7, 11) is 1.60. The number of amides is 2. The molecule has 1 aliphatic heterocycles. The van der Waals surface area contributed by atoms with Gasteiger partial charge in [-0.05, 0) is 29.7 Å². The third kappa shape index (κ3) is 3.69. The van der Waals surface area contributed by atoms with Crippen LogP contribution in [0.1, 0.15) is 23.2 Å². The van der Waals surface area contributed by atoms with E-state index in [0.29, 0.717) is 24.9 Å². The van der Waals surface area contributed by atoms with E-state index >= 15 is 0 Å². The normalized spacial score (nSPS) is 17.1. The van der Waals surface area contributed by atoms with E-state index in [4.69, 9.17) is 5.11 Å². The molecule has 136 valence electrons. The average molecular weight is 354 g/mol. The molecule has 0 aromatic heterocycles. The maximum atomic E-state index is 12.8. The highest BCUT2D eigenvalue weighted by Gasteiger charge is 2.29. The summed E-state index contributed by atoms with van der Waals surface area (Å²) in [5.41, 5.74) is 0.556. The first-order valence-electron chi connectivity index (χ1n) is 8.71. The summed E-state index contributed by atoms with van der Waals surface area (Å²) in [6, 6.07) is 13.2. The van der Waals surface area contributed by atoms with Gasteiger partial charge in [-0.3, -0.25) is 14.4 Å². The lowest BCUT2D eigenvalue weighted by atomic mass is 9.98. The minimum atomic E-state index is -0.873. The first-order chi connectivity index (χ1) is 12.5. The van der Waals surface area contributed by atoms with E-state index in [0.717, 1.165) is 10.8 Å². The second-order valence-corrected chi connectivity index (χ2v) is 6.71. The molecule has 3 rings (SSSR count). The molecule has 0 bridgehead atoms. The topological polar surface area (TPSA) is 77.9 Å². The van der Waals surface area contributed by atoms with Crippen LogP contribution in [-0.2, 0) is 9.59 Å². The zero-order chi connectivity index (χ0) is 18.7. The molecule has 1 heterocycles. The summed E-state index contributed by atoms with van der Waals surface area (Å²) in [5, 5.41) is 11.0. The number of carbonyl (C=O) groups is 3. The molecule has 2 aromatic carbocycles.